The van der Waals surface area contributed by atoms with E-state index < -0.39 is 0 Å². The van der Waals surface area contributed by atoms with Crippen LogP contribution in [0.5, 0.6) is 17.4 Å². The monoisotopic (exact) mass is 347 g/mol. The number of ether oxygens (including phenoxy) is 2. The van der Waals surface area contributed by atoms with Crippen LogP contribution in [-0.4, -0.2) is 10.6 Å². The van der Waals surface area contributed by atoms with E-state index in [-0.39, 0.29) is 5.60 Å². The maximum atomic E-state index is 6.02. The number of nitrogens with zero attached hydrogens (tertiary/aromatic N) is 1. The van der Waals surface area contributed by atoms with E-state index in [1.807, 2.05) is 25.3 Å². The van der Waals surface area contributed by atoms with E-state index >= 15 is 0 Å². The number of aromatic nitrogens is 1. The number of alkyl halides is 1. The van der Waals surface area contributed by atoms with Gasteiger partial charge in [0, 0.05) is 29.1 Å². The highest BCUT2D eigenvalue weighted by Gasteiger charge is 2.32. The highest BCUT2D eigenvalue weighted by Crippen LogP contribution is 2.43. The maximum Gasteiger partial charge on any atom is 0.222 e. The van der Waals surface area contributed by atoms with Gasteiger partial charge in [0.2, 0.25) is 5.88 Å². The maximum absolute atomic E-state index is 6.02. The average molecular weight is 348 g/mol. The van der Waals surface area contributed by atoms with Crippen LogP contribution in [0.4, 0.5) is 0 Å². The minimum absolute atomic E-state index is 0.176. The summed E-state index contributed by atoms with van der Waals surface area (Å²) < 4.78 is 12.0. The Bertz CT molecular complexity index is 682. The largest absolute Gasteiger partial charge is 0.483 e. The van der Waals surface area contributed by atoms with E-state index in [4.69, 9.17) is 9.47 Å². The molecule has 0 bridgehead atoms. The van der Waals surface area contributed by atoms with Crippen LogP contribution < -0.4 is 9.47 Å². The molecule has 3 nitrogen and oxygen atoms in total. The molecule has 1 aromatic carbocycles. The van der Waals surface area contributed by atoms with Crippen molar-refractivity contribution >= 4 is 15.9 Å². The van der Waals surface area contributed by atoms with Gasteiger partial charge in [0.1, 0.15) is 5.60 Å². The lowest BCUT2D eigenvalue weighted by Gasteiger charge is -2.18. The second-order valence-electron chi connectivity index (χ2n) is 5.98. The van der Waals surface area contributed by atoms with Crippen LogP contribution in [0.15, 0.2) is 30.5 Å². The third-order valence-corrected chi connectivity index (χ3v) is 4.15. The number of pyridine rings is 1. The lowest BCUT2D eigenvalue weighted by Crippen LogP contribution is -2.24. The Kier molecular flexibility index (Phi) is 3.66. The van der Waals surface area contributed by atoms with Gasteiger partial charge in [0.15, 0.2) is 11.5 Å². The summed E-state index contributed by atoms with van der Waals surface area (Å²) in [4.78, 5) is 4.40. The number of fused-ring (bicyclic) bond motifs is 1. The van der Waals surface area contributed by atoms with Crippen LogP contribution >= 0.6 is 15.9 Å². The first-order valence-electron chi connectivity index (χ1n) is 6.99. The fraction of sp³-hybridized carbons (Fsp3) is 0.353. The van der Waals surface area contributed by atoms with Gasteiger partial charge in [-0.1, -0.05) is 28.1 Å². The summed E-state index contributed by atoms with van der Waals surface area (Å²) in [6.45, 7) is 6.18. The zero-order valence-electron chi connectivity index (χ0n) is 12.4. The molecule has 2 heterocycles. The molecule has 0 saturated carbocycles. The summed E-state index contributed by atoms with van der Waals surface area (Å²) in [7, 11) is 0. The Morgan fingerprint density at radius 2 is 2.19 bits per heavy atom. The molecule has 1 aromatic heterocycles. The molecular formula is C17H18BrNO2. The topological polar surface area (TPSA) is 31.4 Å². The molecule has 0 spiro atoms. The fourth-order valence-electron chi connectivity index (χ4n) is 2.57. The van der Waals surface area contributed by atoms with Crippen molar-refractivity contribution in [1.29, 1.82) is 0 Å². The van der Waals surface area contributed by atoms with Gasteiger partial charge in [-0.3, -0.25) is 0 Å². The molecule has 1 aliphatic rings. The van der Waals surface area contributed by atoms with E-state index in [1.165, 1.54) is 5.56 Å². The van der Waals surface area contributed by atoms with Crippen LogP contribution in [0.3, 0.4) is 0 Å². The Labute approximate surface area is 133 Å². The molecule has 0 fully saturated rings. The van der Waals surface area contributed by atoms with Gasteiger partial charge in [-0.05, 0) is 38.5 Å². The van der Waals surface area contributed by atoms with Gasteiger partial charge in [0.25, 0.3) is 0 Å². The number of hydrogen-bond acceptors (Lipinski definition) is 3. The predicted octanol–water partition coefficient (Wildman–Crippen LogP) is 4.79. The van der Waals surface area contributed by atoms with Gasteiger partial charge in [-0.25, -0.2) is 4.98 Å². The number of para-hydroxylation sites is 1. The third kappa shape index (κ3) is 2.91. The van der Waals surface area contributed by atoms with Crippen molar-refractivity contribution in [1.82, 2.24) is 4.98 Å². The standard InChI is InChI=1S/C17H18BrNO2/c1-11-7-12(9-18)10-19-16(11)20-14-6-4-5-13-8-17(2,3)21-15(13)14/h4-7,10H,8-9H2,1-3H3. The Hall–Kier alpha value is -1.55. The molecular weight excluding hydrogens is 330 g/mol. The first-order valence-corrected chi connectivity index (χ1v) is 8.11. The first-order chi connectivity index (χ1) is 9.98. The van der Waals surface area contributed by atoms with Crippen molar-refractivity contribution in [3.05, 3.63) is 47.2 Å². The van der Waals surface area contributed by atoms with E-state index in [1.54, 1.807) is 0 Å². The summed E-state index contributed by atoms with van der Waals surface area (Å²) >= 11 is 3.44. The summed E-state index contributed by atoms with van der Waals surface area (Å²) in [6, 6.07) is 8.09. The second kappa shape index (κ2) is 5.34. The minimum atomic E-state index is -0.176. The number of rotatable bonds is 3. The Morgan fingerprint density at radius 1 is 1.38 bits per heavy atom. The summed E-state index contributed by atoms with van der Waals surface area (Å²) in [5.41, 5.74) is 3.16. The number of benzene rings is 1. The zero-order chi connectivity index (χ0) is 15.0. The molecule has 21 heavy (non-hydrogen) atoms. The number of halogens is 1. The third-order valence-electron chi connectivity index (χ3n) is 3.50. The molecule has 0 saturated heterocycles. The van der Waals surface area contributed by atoms with Crippen molar-refractivity contribution in [2.75, 3.05) is 0 Å². The smallest absolute Gasteiger partial charge is 0.222 e. The van der Waals surface area contributed by atoms with Gasteiger partial charge < -0.3 is 9.47 Å². The molecule has 0 unspecified atom stereocenters. The van der Waals surface area contributed by atoms with E-state index in [0.29, 0.717) is 5.88 Å². The van der Waals surface area contributed by atoms with Crippen molar-refractivity contribution in [3.63, 3.8) is 0 Å². The molecule has 0 aliphatic carbocycles. The molecule has 2 aromatic rings. The fourth-order valence-corrected chi connectivity index (χ4v) is 2.88. The van der Waals surface area contributed by atoms with Gasteiger partial charge in [-0.2, -0.15) is 0 Å². The highest BCUT2D eigenvalue weighted by molar-refractivity contribution is 9.08. The molecule has 4 heteroatoms. The molecule has 110 valence electrons. The number of aryl methyl sites for hydroxylation is 1. The normalized spacial score (nSPS) is 15.4. The molecule has 0 N–H and O–H groups in total. The Morgan fingerprint density at radius 3 is 2.90 bits per heavy atom. The van der Waals surface area contributed by atoms with Crippen molar-refractivity contribution in [2.45, 2.75) is 38.1 Å². The summed E-state index contributed by atoms with van der Waals surface area (Å²) in [6.07, 6.45) is 2.72. The Balaban J connectivity index is 1.92. The quantitative estimate of drug-likeness (QED) is 0.748. The average Bonchev–Trinajstić information content (AvgIpc) is 2.76. The van der Waals surface area contributed by atoms with Crippen LogP contribution in [0.2, 0.25) is 0 Å². The molecule has 0 atom stereocenters. The van der Waals surface area contributed by atoms with Crippen LogP contribution in [0.1, 0.15) is 30.5 Å². The van der Waals surface area contributed by atoms with Crippen LogP contribution in [0, 0.1) is 6.92 Å². The lowest BCUT2D eigenvalue weighted by atomic mass is 10.0. The van der Waals surface area contributed by atoms with Crippen molar-refractivity contribution in [2.24, 2.45) is 0 Å². The molecule has 3 rings (SSSR count). The van der Waals surface area contributed by atoms with Gasteiger partial charge >= 0.3 is 0 Å². The van der Waals surface area contributed by atoms with Crippen molar-refractivity contribution in [3.8, 4) is 17.4 Å². The van der Waals surface area contributed by atoms with Crippen molar-refractivity contribution < 1.29 is 9.47 Å². The van der Waals surface area contributed by atoms with E-state index in [0.717, 1.165) is 34.4 Å². The minimum Gasteiger partial charge on any atom is -0.483 e. The second-order valence-corrected chi connectivity index (χ2v) is 6.54. The molecule has 0 radical (unpaired) electrons. The zero-order valence-corrected chi connectivity index (χ0v) is 14.0. The summed E-state index contributed by atoms with van der Waals surface area (Å²) in [5.74, 6) is 2.20. The van der Waals surface area contributed by atoms with Crippen LogP contribution in [0.25, 0.3) is 0 Å². The molecule has 1 aliphatic heterocycles. The van der Waals surface area contributed by atoms with Gasteiger partial charge in [0.05, 0.1) is 0 Å². The van der Waals surface area contributed by atoms with Gasteiger partial charge in [-0.15, -0.1) is 0 Å². The first kappa shape index (κ1) is 14.4. The van der Waals surface area contributed by atoms with E-state index in [2.05, 4.69) is 46.9 Å². The van der Waals surface area contributed by atoms with Crippen LogP contribution in [-0.2, 0) is 11.8 Å². The van der Waals surface area contributed by atoms with E-state index in [9.17, 15) is 0 Å². The molecule has 0 amide bonds. The lowest BCUT2D eigenvalue weighted by molar-refractivity contribution is 0.135. The SMILES string of the molecule is Cc1cc(CBr)cnc1Oc1cccc2c1OC(C)(C)C2. The predicted molar refractivity (Wildman–Crippen MR) is 86.5 cm³/mol. The summed E-state index contributed by atoms with van der Waals surface area (Å²) in [5, 5.41) is 0.791. The number of hydrogen-bond donors (Lipinski definition) is 0. The highest BCUT2D eigenvalue weighted by atomic mass is 79.9.